The van der Waals surface area contributed by atoms with Gasteiger partial charge in [-0.25, -0.2) is 9.37 Å². The summed E-state index contributed by atoms with van der Waals surface area (Å²) in [5, 5.41) is 4.51. The molecule has 1 amide bonds. The lowest BCUT2D eigenvalue weighted by molar-refractivity contribution is 0.0686. The number of nitrogens with zero attached hydrogens (tertiary/aromatic N) is 4. The number of aryl methyl sites for hydroxylation is 1. The maximum Gasteiger partial charge on any atom is 0.272 e. The minimum atomic E-state index is -0.251. The van der Waals surface area contributed by atoms with Crippen LogP contribution in [0.1, 0.15) is 66.0 Å². The molecule has 0 spiro atoms. The van der Waals surface area contributed by atoms with Crippen LogP contribution in [-0.2, 0) is 19.9 Å². The van der Waals surface area contributed by atoms with Crippen LogP contribution < -0.4 is 0 Å². The van der Waals surface area contributed by atoms with E-state index in [0.29, 0.717) is 30.5 Å². The molecule has 0 radical (unpaired) electrons. The summed E-state index contributed by atoms with van der Waals surface area (Å²) < 4.78 is 20.8. The molecule has 1 saturated heterocycles. The van der Waals surface area contributed by atoms with Gasteiger partial charge in [0.1, 0.15) is 17.3 Å². The van der Waals surface area contributed by atoms with Gasteiger partial charge in [-0.15, -0.1) is 0 Å². The van der Waals surface area contributed by atoms with Gasteiger partial charge in [-0.05, 0) is 48.9 Å². The van der Waals surface area contributed by atoms with Crippen molar-refractivity contribution in [3.05, 3.63) is 70.9 Å². The molecule has 31 heavy (non-hydrogen) atoms. The molecule has 3 aromatic rings. The second kappa shape index (κ2) is 9.04. The molecule has 0 saturated carbocycles. The fourth-order valence-electron chi connectivity index (χ4n) is 4.17. The number of amides is 1. The summed E-state index contributed by atoms with van der Waals surface area (Å²) in [7, 11) is 1.83. The summed E-state index contributed by atoms with van der Waals surface area (Å²) in [4.78, 5) is 19.5. The van der Waals surface area contributed by atoms with Crippen molar-refractivity contribution < 1.29 is 13.6 Å². The highest BCUT2D eigenvalue weighted by atomic mass is 19.1. The average Bonchev–Trinajstić information content (AvgIpc) is 3.35. The Kier molecular flexibility index (Phi) is 6.20. The van der Waals surface area contributed by atoms with E-state index in [2.05, 4.69) is 23.9 Å². The van der Waals surface area contributed by atoms with E-state index in [1.54, 1.807) is 23.0 Å². The van der Waals surface area contributed by atoms with Crippen molar-refractivity contribution >= 4 is 5.91 Å². The molecule has 0 bridgehead atoms. The maximum absolute atomic E-state index is 13.2. The fourth-order valence-corrected chi connectivity index (χ4v) is 4.17. The molecule has 1 atom stereocenters. The average molecular weight is 425 g/mol. The van der Waals surface area contributed by atoms with Crippen LogP contribution >= 0.6 is 0 Å². The molecule has 3 heterocycles. The molecule has 0 unspecified atom stereocenters. The second-order valence-electron chi connectivity index (χ2n) is 8.80. The van der Waals surface area contributed by atoms with Crippen molar-refractivity contribution in [2.45, 2.75) is 45.4 Å². The molecule has 4 rings (SSSR count). The Morgan fingerprint density at radius 1 is 1.29 bits per heavy atom. The number of rotatable bonds is 6. The summed E-state index contributed by atoms with van der Waals surface area (Å²) in [5.74, 6) is 1.73. The van der Waals surface area contributed by atoms with Crippen LogP contribution in [-0.4, -0.2) is 38.7 Å². The van der Waals surface area contributed by atoms with Gasteiger partial charge in [0.2, 0.25) is 0 Å². The van der Waals surface area contributed by atoms with Crippen LogP contribution in [0.4, 0.5) is 4.39 Å². The smallest absolute Gasteiger partial charge is 0.272 e. The Morgan fingerprint density at radius 3 is 2.81 bits per heavy atom. The highest BCUT2D eigenvalue weighted by Crippen LogP contribution is 2.28. The van der Waals surface area contributed by atoms with Crippen LogP contribution in [0.25, 0.3) is 0 Å². The van der Waals surface area contributed by atoms with E-state index in [9.17, 15) is 9.18 Å². The Hall–Kier alpha value is -2.96. The van der Waals surface area contributed by atoms with Gasteiger partial charge >= 0.3 is 0 Å². The van der Waals surface area contributed by atoms with Crippen LogP contribution in [0.3, 0.4) is 0 Å². The van der Waals surface area contributed by atoms with Gasteiger partial charge in [-0.1, -0.05) is 26.0 Å². The van der Waals surface area contributed by atoms with Crippen molar-refractivity contribution in [2.75, 3.05) is 13.1 Å². The third-order valence-electron chi connectivity index (χ3n) is 5.69. The first kappa shape index (κ1) is 21.3. The minimum Gasteiger partial charge on any atom is -0.445 e. The van der Waals surface area contributed by atoms with E-state index in [0.717, 1.165) is 42.8 Å². The first-order chi connectivity index (χ1) is 14.9. The van der Waals surface area contributed by atoms with E-state index < -0.39 is 0 Å². The van der Waals surface area contributed by atoms with Crippen molar-refractivity contribution in [2.24, 2.45) is 13.0 Å². The van der Waals surface area contributed by atoms with E-state index in [4.69, 9.17) is 4.42 Å². The molecular formula is C24H29FN4O2. The number of carbonyl (C=O) groups is 1. The molecule has 6 nitrogen and oxygen atoms in total. The Balaban J connectivity index is 1.43. The number of hydrogen-bond acceptors (Lipinski definition) is 4. The molecule has 1 fully saturated rings. The molecule has 2 aromatic heterocycles. The summed E-state index contributed by atoms with van der Waals surface area (Å²) in [6, 6.07) is 8.31. The zero-order valence-electron chi connectivity index (χ0n) is 18.3. The van der Waals surface area contributed by atoms with E-state index in [-0.39, 0.29) is 17.6 Å². The fraction of sp³-hybridized carbons (Fsp3) is 0.458. The Labute approximate surface area is 182 Å². The molecule has 0 aliphatic carbocycles. The number of benzene rings is 1. The molecule has 1 aliphatic heterocycles. The molecule has 164 valence electrons. The van der Waals surface area contributed by atoms with Gasteiger partial charge in [-0.3, -0.25) is 9.48 Å². The first-order valence-electron chi connectivity index (χ1n) is 10.9. The third-order valence-corrected chi connectivity index (χ3v) is 5.69. The van der Waals surface area contributed by atoms with Crippen LogP contribution in [0.15, 0.2) is 40.9 Å². The number of hydrogen-bond donors (Lipinski definition) is 0. The number of carbonyl (C=O) groups excluding carboxylic acids is 1. The Morgan fingerprint density at radius 2 is 2.06 bits per heavy atom. The Bertz CT molecular complexity index is 1040. The maximum atomic E-state index is 13.2. The van der Waals surface area contributed by atoms with Gasteiger partial charge in [0.15, 0.2) is 5.89 Å². The van der Waals surface area contributed by atoms with Gasteiger partial charge in [-0.2, -0.15) is 5.10 Å². The second-order valence-corrected chi connectivity index (χ2v) is 8.80. The summed E-state index contributed by atoms with van der Waals surface area (Å²) in [6.07, 6.45) is 5.00. The number of likely N-dealkylation sites (tertiary alicyclic amines) is 1. The summed E-state index contributed by atoms with van der Waals surface area (Å²) >= 11 is 0. The normalized spacial score (nSPS) is 16.8. The van der Waals surface area contributed by atoms with Crippen molar-refractivity contribution in [1.29, 1.82) is 0 Å². The number of halogens is 1. The predicted molar refractivity (Wildman–Crippen MR) is 115 cm³/mol. The quantitative estimate of drug-likeness (QED) is 0.590. The van der Waals surface area contributed by atoms with Crippen molar-refractivity contribution in [3.8, 4) is 0 Å². The zero-order chi connectivity index (χ0) is 22.0. The minimum absolute atomic E-state index is 0.00722. The van der Waals surface area contributed by atoms with Crippen LogP contribution in [0.2, 0.25) is 0 Å². The largest absolute Gasteiger partial charge is 0.445 e. The van der Waals surface area contributed by atoms with E-state index in [1.165, 1.54) is 12.1 Å². The summed E-state index contributed by atoms with van der Waals surface area (Å²) in [5.41, 5.74) is 2.55. The highest BCUT2D eigenvalue weighted by Gasteiger charge is 2.30. The molecular weight excluding hydrogens is 395 g/mol. The highest BCUT2D eigenvalue weighted by molar-refractivity contribution is 5.92. The number of piperidine rings is 1. The zero-order valence-corrected chi connectivity index (χ0v) is 18.3. The van der Waals surface area contributed by atoms with Crippen LogP contribution in [0, 0.1) is 11.7 Å². The standard InChI is InChI=1S/C24H29FN4O2/c1-16(2)11-20-13-22(28(3)27-20)24(30)29-10-4-5-18(15-29)23-26-14-21(31-23)12-17-6-8-19(25)9-7-17/h6-9,13-14,16,18H,4-5,10-12,15H2,1-3H3/t18-/m1/s1. The lowest BCUT2D eigenvalue weighted by Crippen LogP contribution is -2.40. The van der Waals surface area contributed by atoms with Gasteiger partial charge in [0.05, 0.1) is 17.8 Å². The predicted octanol–water partition coefficient (Wildman–Crippen LogP) is 4.36. The third kappa shape index (κ3) is 5.03. The van der Waals surface area contributed by atoms with Crippen LogP contribution in [0.5, 0.6) is 0 Å². The topological polar surface area (TPSA) is 64.2 Å². The van der Waals surface area contributed by atoms with E-state index in [1.807, 2.05) is 18.0 Å². The number of oxazole rings is 1. The lowest BCUT2D eigenvalue weighted by Gasteiger charge is -2.31. The number of aromatic nitrogens is 3. The van der Waals surface area contributed by atoms with Crippen molar-refractivity contribution in [3.63, 3.8) is 0 Å². The summed E-state index contributed by atoms with van der Waals surface area (Å²) in [6.45, 7) is 5.60. The first-order valence-corrected chi connectivity index (χ1v) is 10.9. The van der Waals surface area contributed by atoms with E-state index >= 15 is 0 Å². The van der Waals surface area contributed by atoms with Crippen molar-refractivity contribution in [1.82, 2.24) is 19.7 Å². The van der Waals surface area contributed by atoms with Gasteiger partial charge in [0, 0.05) is 26.6 Å². The monoisotopic (exact) mass is 424 g/mol. The lowest BCUT2D eigenvalue weighted by atomic mass is 9.97. The van der Waals surface area contributed by atoms with Gasteiger partial charge < -0.3 is 9.32 Å². The molecule has 0 N–H and O–H groups in total. The van der Waals surface area contributed by atoms with Gasteiger partial charge in [0.25, 0.3) is 5.91 Å². The SMILES string of the molecule is CC(C)Cc1cc(C(=O)N2CCC[C@@H](c3ncc(Cc4ccc(F)cc4)o3)C2)n(C)n1. The molecule has 1 aromatic carbocycles. The molecule has 1 aliphatic rings. The molecule has 7 heteroatoms.